The Morgan fingerprint density at radius 2 is 1.95 bits per heavy atom. The second kappa shape index (κ2) is 4.29. The molecule has 0 radical (unpaired) electrons. The number of rotatable bonds is 2. The van der Waals surface area contributed by atoms with Crippen LogP contribution in [0.4, 0.5) is 11.4 Å². The second-order valence-corrected chi connectivity index (χ2v) is 4.14. The van der Waals surface area contributed by atoms with Crippen molar-refractivity contribution in [3.8, 4) is 0 Å². The van der Waals surface area contributed by atoms with E-state index < -0.39 is 22.5 Å². The van der Waals surface area contributed by atoms with E-state index in [4.69, 9.17) is 5.53 Å². The van der Waals surface area contributed by atoms with Gasteiger partial charge in [0.05, 0.1) is 16.1 Å². The minimum absolute atomic E-state index is 0.0892. The number of hydrogen-bond donors (Lipinski definition) is 0. The summed E-state index contributed by atoms with van der Waals surface area (Å²) in [6.07, 6.45) is 0. The van der Waals surface area contributed by atoms with Crippen LogP contribution in [0.15, 0.2) is 29.4 Å². The Labute approximate surface area is 115 Å². The Balaban J connectivity index is 2.58. The van der Waals surface area contributed by atoms with Gasteiger partial charge in [-0.1, -0.05) is 17.2 Å². The lowest BCUT2D eigenvalue weighted by Crippen LogP contribution is -2.19. The van der Waals surface area contributed by atoms with Crippen molar-refractivity contribution in [3.05, 3.63) is 55.9 Å². The average Bonchev–Trinajstić information content (AvgIpc) is 2.45. The molecule has 0 bridgehead atoms. The van der Waals surface area contributed by atoms with Crippen molar-refractivity contribution >= 4 is 34.1 Å². The van der Waals surface area contributed by atoms with Gasteiger partial charge in [-0.2, -0.15) is 0 Å². The van der Waals surface area contributed by atoms with Crippen molar-refractivity contribution in [2.24, 2.45) is 5.11 Å². The van der Waals surface area contributed by atoms with E-state index in [1.54, 1.807) is 0 Å². The summed E-state index contributed by atoms with van der Waals surface area (Å²) < 4.78 is 4.53. The van der Waals surface area contributed by atoms with Gasteiger partial charge in [0.2, 0.25) is 0 Å². The molecule has 0 amide bonds. The average molecular weight is 284 g/mol. The summed E-state index contributed by atoms with van der Waals surface area (Å²) in [5.74, 6) is -1.82. The van der Waals surface area contributed by atoms with E-state index in [-0.39, 0.29) is 27.6 Å². The largest absolute Gasteiger partial charge is 0.386 e. The molecule has 0 fully saturated rings. The zero-order valence-electron chi connectivity index (χ0n) is 10.1. The van der Waals surface area contributed by atoms with E-state index >= 15 is 0 Å². The molecular weight excluding hydrogens is 280 g/mol. The number of nitrogens with zero attached hydrogens (tertiary/aromatic N) is 4. The molecule has 0 atom stereocenters. The maximum atomic E-state index is 11.8. The van der Waals surface area contributed by atoms with E-state index in [0.29, 0.717) is 0 Å². The van der Waals surface area contributed by atoms with Crippen molar-refractivity contribution in [2.45, 2.75) is 0 Å². The van der Waals surface area contributed by atoms with Gasteiger partial charge in [-0.3, -0.25) is 10.1 Å². The summed E-state index contributed by atoms with van der Waals surface area (Å²) in [5, 5.41) is 14.7. The standard InChI is InChI=1S/C12H4N4O5/c13-15-14-10-5-2-1-3-6-9(5)7(4-8(10)16(19)20)12(18)21-11(6)17/h1-4H. The maximum absolute atomic E-state index is 11.8. The molecule has 2 aromatic rings. The van der Waals surface area contributed by atoms with Crippen molar-refractivity contribution < 1.29 is 19.2 Å². The molecule has 0 unspecified atom stereocenters. The Morgan fingerprint density at radius 3 is 2.62 bits per heavy atom. The van der Waals surface area contributed by atoms with Crippen molar-refractivity contribution in [3.63, 3.8) is 0 Å². The lowest BCUT2D eigenvalue weighted by molar-refractivity contribution is -0.384. The summed E-state index contributed by atoms with van der Waals surface area (Å²) in [5.41, 5.74) is 7.78. The SMILES string of the molecule is [N-]=[N+]=Nc1c([N+](=O)[O-])cc2c3c(cccc13)C(=O)OC2=O. The first-order valence-electron chi connectivity index (χ1n) is 5.60. The lowest BCUT2D eigenvalue weighted by Gasteiger charge is -2.16. The summed E-state index contributed by atoms with van der Waals surface area (Å²) in [6.45, 7) is 0. The fourth-order valence-electron chi connectivity index (χ4n) is 2.27. The van der Waals surface area contributed by atoms with Gasteiger partial charge in [0, 0.05) is 16.4 Å². The highest BCUT2D eigenvalue weighted by Crippen LogP contribution is 2.41. The zero-order chi connectivity index (χ0) is 15.1. The quantitative estimate of drug-likeness (QED) is 0.159. The molecule has 9 nitrogen and oxygen atoms in total. The first-order chi connectivity index (χ1) is 10.0. The van der Waals surface area contributed by atoms with E-state index in [1.807, 2.05) is 0 Å². The predicted octanol–water partition coefficient (Wildman–Crippen LogP) is 3.00. The molecule has 21 heavy (non-hydrogen) atoms. The lowest BCUT2D eigenvalue weighted by atomic mass is 9.95. The highest BCUT2D eigenvalue weighted by Gasteiger charge is 2.31. The number of ether oxygens (including phenoxy) is 1. The summed E-state index contributed by atoms with van der Waals surface area (Å²) >= 11 is 0. The zero-order valence-corrected chi connectivity index (χ0v) is 10.1. The third-order valence-electron chi connectivity index (χ3n) is 3.08. The molecule has 3 rings (SSSR count). The topological polar surface area (TPSA) is 135 Å². The van der Waals surface area contributed by atoms with Gasteiger partial charge < -0.3 is 4.74 Å². The number of hydrogen-bond acceptors (Lipinski definition) is 6. The minimum Gasteiger partial charge on any atom is -0.386 e. The number of nitro groups is 1. The van der Waals surface area contributed by atoms with Crippen molar-refractivity contribution in [2.75, 3.05) is 0 Å². The molecule has 2 aromatic carbocycles. The van der Waals surface area contributed by atoms with Crippen LogP contribution < -0.4 is 0 Å². The van der Waals surface area contributed by atoms with Gasteiger partial charge in [0.25, 0.3) is 5.69 Å². The first kappa shape index (κ1) is 12.6. The molecule has 1 heterocycles. The summed E-state index contributed by atoms with van der Waals surface area (Å²) in [4.78, 5) is 36.3. The van der Waals surface area contributed by atoms with Crippen LogP contribution in [0.1, 0.15) is 20.7 Å². The summed E-state index contributed by atoms with van der Waals surface area (Å²) in [6, 6.07) is 5.26. The molecular formula is C12H4N4O5. The van der Waals surface area contributed by atoms with Crippen LogP contribution in [0, 0.1) is 10.1 Å². The van der Waals surface area contributed by atoms with Crippen LogP contribution in [0.5, 0.6) is 0 Å². The van der Waals surface area contributed by atoms with E-state index in [2.05, 4.69) is 14.8 Å². The number of cyclic esters (lactones) is 2. The van der Waals surface area contributed by atoms with Crippen LogP contribution in [0.2, 0.25) is 0 Å². The fraction of sp³-hybridized carbons (Fsp3) is 0. The monoisotopic (exact) mass is 284 g/mol. The maximum Gasteiger partial charge on any atom is 0.346 e. The molecule has 1 aliphatic heterocycles. The third-order valence-corrected chi connectivity index (χ3v) is 3.08. The van der Waals surface area contributed by atoms with Crippen LogP contribution in [-0.4, -0.2) is 16.9 Å². The second-order valence-electron chi connectivity index (χ2n) is 4.14. The van der Waals surface area contributed by atoms with E-state index in [9.17, 15) is 19.7 Å². The van der Waals surface area contributed by atoms with Gasteiger partial charge in [-0.25, -0.2) is 9.59 Å². The molecule has 1 aliphatic rings. The van der Waals surface area contributed by atoms with E-state index in [1.165, 1.54) is 18.2 Å². The molecule has 0 saturated heterocycles. The Kier molecular flexibility index (Phi) is 2.57. The van der Waals surface area contributed by atoms with Gasteiger partial charge in [0.1, 0.15) is 5.69 Å². The number of carbonyl (C=O) groups excluding carboxylic acids is 2. The molecule has 0 saturated carbocycles. The number of nitro benzene ring substituents is 1. The van der Waals surface area contributed by atoms with Crippen molar-refractivity contribution in [1.29, 1.82) is 0 Å². The third kappa shape index (κ3) is 1.69. The molecule has 102 valence electrons. The number of azide groups is 1. The van der Waals surface area contributed by atoms with Crippen LogP contribution in [0.25, 0.3) is 21.2 Å². The van der Waals surface area contributed by atoms with Crippen molar-refractivity contribution in [1.82, 2.24) is 0 Å². The highest BCUT2D eigenvalue weighted by molar-refractivity contribution is 6.23. The first-order valence-corrected chi connectivity index (χ1v) is 5.60. The number of esters is 2. The van der Waals surface area contributed by atoms with Gasteiger partial charge in [-0.05, 0) is 17.0 Å². The van der Waals surface area contributed by atoms with Gasteiger partial charge in [-0.15, -0.1) is 0 Å². The molecule has 9 heteroatoms. The van der Waals surface area contributed by atoms with Crippen LogP contribution >= 0.6 is 0 Å². The number of benzene rings is 2. The van der Waals surface area contributed by atoms with Gasteiger partial charge >= 0.3 is 11.9 Å². The Morgan fingerprint density at radius 1 is 1.24 bits per heavy atom. The van der Waals surface area contributed by atoms with E-state index in [0.717, 1.165) is 6.07 Å². The molecule has 0 aliphatic carbocycles. The van der Waals surface area contributed by atoms with Crippen LogP contribution in [0.3, 0.4) is 0 Å². The molecule has 0 spiro atoms. The fourth-order valence-corrected chi connectivity index (χ4v) is 2.27. The Hall–Kier alpha value is -3.45. The highest BCUT2D eigenvalue weighted by atomic mass is 16.6. The Bertz CT molecular complexity index is 898. The van der Waals surface area contributed by atoms with Crippen LogP contribution in [-0.2, 0) is 4.74 Å². The predicted molar refractivity (Wildman–Crippen MR) is 69.2 cm³/mol. The number of carbonyl (C=O) groups is 2. The van der Waals surface area contributed by atoms with Gasteiger partial charge in [0.15, 0.2) is 0 Å². The normalized spacial score (nSPS) is 12.8. The minimum atomic E-state index is -0.973. The summed E-state index contributed by atoms with van der Waals surface area (Å²) in [7, 11) is 0. The smallest absolute Gasteiger partial charge is 0.346 e. The molecule has 0 aromatic heterocycles. The molecule has 0 N–H and O–H groups in total.